The fourth-order valence-corrected chi connectivity index (χ4v) is 2.74. The molecule has 3 rings (SSSR count). The number of benzene rings is 2. The van der Waals surface area contributed by atoms with Crippen LogP contribution in [-0.4, -0.2) is 22.8 Å². The third-order valence-corrected chi connectivity index (χ3v) is 3.73. The van der Waals surface area contributed by atoms with Crippen molar-refractivity contribution >= 4 is 5.97 Å². The van der Waals surface area contributed by atoms with Gasteiger partial charge in [0.15, 0.2) is 0 Å². The van der Waals surface area contributed by atoms with Crippen LogP contribution < -0.4 is 4.74 Å². The minimum Gasteiger partial charge on any atom is -0.508 e. The molecule has 0 amide bonds. The Kier molecular flexibility index (Phi) is 3.52. The molecule has 4 heteroatoms. The molecule has 1 aliphatic rings. The molecule has 1 aliphatic heterocycles. The van der Waals surface area contributed by atoms with Crippen molar-refractivity contribution in [3.63, 3.8) is 0 Å². The van der Waals surface area contributed by atoms with E-state index in [-0.39, 0.29) is 11.7 Å². The first-order valence-corrected chi connectivity index (χ1v) is 6.89. The number of rotatable bonds is 3. The molecule has 1 unspecified atom stereocenters. The third kappa shape index (κ3) is 2.99. The zero-order valence-corrected chi connectivity index (χ0v) is 11.5. The first-order chi connectivity index (χ1) is 10.1. The van der Waals surface area contributed by atoms with Gasteiger partial charge in [0.05, 0.1) is 12.2 Å². The minimum absolute atomic E-state index is 0.242. The molecule has 108 valence electrons. The monoisotopic (exact) mass is 284 g/mol. The Morgan fingerprint density at radius 2 is 2.10 bits per heavy atom. The zero-order chi connectivity index (χ0) is 14.8. The number of carbonyl (C=O) groups is 1. The third-order valence-electron chi connectivity index (χ3n) is 3.73. The highest BCUT2D eigenvalue weighted by molar-refractivity contribution is 5.87. The Bertz CT molecular complexity index is 678. The predicted octanol–water partition coefficient (Wildman–Crippen LogP) is 2.88. The number of carboxylic acids is 1. The van der Waals surface area contributed by atoms with E-state index in [1.807, 2.05) is 6.07 Å². The van der Waals surface area contributed by atoms with Gasteiger partial charge in [-0.15, -0.1) is 0 Å². The topological polar surface area (TPSA) is 66.8 Å². The van der Waals surface area contributed by atoms with E-state index >= 15 is 0 Å². The minimum atomic E-state index is -0.910. The zero-order valence-electron chi connectivity index (χ0n) is 11.5. The van der Waals surface area contributed by atoms with Crippen LogP contribution in [-0.2, 0) is 12.8 Å². The second kappa shape index (κ2) is 5.48. The summed E-state index contributed by atoms with van der Waals surface area (Å²) in [5.41, 5.74) is 2.30. The Morgan fingerprint density at radius 3 is 2.90 bits per heavy atom. The van der Waals surface area contributed by atoms with E-state index in [4.69, 9.17) is 9.84 Å². The van der Waals surface area contributed by atoms with Crippen molar-refractivity contribution in [1.29, 1.82) is 0 Å². The van der Waals surface area contributed by atoms with Crippen molar-refractivity contribution in [3.05, 3.63) is 59.2 Å². The van der Waals surface area contributed by atoms with Gasteiger partial charge in [0, 0.05) is 5.92 Å². The molecule has 2 aromatic rings. The van der Waals surface area contributed by atoms with E-state index in [1.165, 1.54) is 0 Å². The van der Waals surface area contributed by atoms with E-state index in [9.17, 15) is 9.90 Å². The molecule has 0 aliphatic carbocycles. The summed E-state index contributed by atoms with van der Waals surface area (Å²) < 4.78 is 5.71. The Morgan fingerprint density at radius 1 is 1.24 bits per heavy atom. The number of carboxylic acid groups (broad SMARTS) is 1. The van der Waals surface area contributed by atoms with E-state index in [1.54, 1.807) is 36.4 Å². The van der Waals surface area contributed by atoms with Gasteiger partial charge in [0.2, 0.25) is 0 Å². The van der Waals surface area contributed by atoms with Crippen LogP contribution in [0.5, 0.6) is 11.5 Å². The summed E-state index contributed by atoms with van der Waals surface area (Å²) in [6.45, 7) is 0.606. The molecule has 0 aromatic heterocycles. The molecule has 1 heterocycles. The Labute approximate surface area is 122 Å². The summed E-state index contributed by atoms with van der Waals surface area (Å²) in [5.74, 6) is 0.435. The fraction of sp³-hybridized carbons (Fsp3) is 0.235. The summed E-state index contributed by atoms with van der Waals surface area (Å²) in [4.78, 5) is 11.0. The Hall–Kier alpha value is -2.49. The number of hydrogen-bond donors (Lipinski definition) is 2. The van der Waals surface area contributed by atoms with Crippen LogP contribution in [0.3, 0.4) is 0 Å². The second-order valence-corrected chi connectivity index (χ2v) is 5.38. The van der Waals surface area contributed by atoms with Crippen LogP contribution in [0.15, 0.2) is 42.5 Å². The molecular formula is C17H16O4. The van der Waals surface area contributed by atoms with Gasteiger partial charge in [0.25, 0.3) is 0 Å². The number of ether oxygens (including phenoxy) is 1. The summed E-state index contributed by atoms with van der Waals surface area (Å²) in [7, 11) is 0. The molecule has 0 saturated heterocycles. The number of aromatic hydroxyl groups is 1. The number of fused-ring (bicyclic) bond motifs is 1. The van der Waals surface area contributed by atoms with Crippen molar-refractivity contribution in [2.45, 2.75) is 12.8 Å². The molecule has 0 fully saturated rings. The van der Waals surface area contributed by atoms with Crippen LogP contribution in [0.25, 0.3) is 0 Å². The SMILES string of the molecule is O=C(O)c1cccc(CC2COc3ccc(O)cc3C2)c1. The molecule has 1 atom stereocenters. The normalized spacial score (nSPS) is 16.9. The summed E-state index contributed by atoms with van der Waals surface area (Å²) in [6, 6.07) is 12.1. The highest BCUT2D eigenvalue weighted by Gasteiger charge is 2.20. The first kappa shape index (κ1) is 13.5. The van der Waals surface area contributed by atoms with Gasteiger partial charge >= 0.3 is 5.97 Å². The second-order valence-electron chi connectivity index (χ2n) is 5.38. The smallest absolute Gasteiger partial charge is 0.335 e. The average Bonchev–Trinajstić information content (AvgIpc) is 2.47. The van der Waals surface area contributed by atoms with Crippen molar-refractivity contribution < 1.29 is 19.7 Å². The van der Waals surface area contributed by atoms with Crippen LogP contribution in [0.2, 0.25) is 0 Å². The number of phenolic OH excluding ortho intramolecular Hbond substituents is 1. The maximum atomic E-state index is 11.0. The maximum absolute atomic E-state index is 11.0. The number of aromatic carboxylic acids is 1. The maximum Gasteiger partial charge on any atom is 0.335 e. The van der Waals surface area contributed by atoms with Gasteiger partial charge < -0.3 is 14.9 Å². The highest BCUT2D eigenvalue weighted by Crippen LogP contribution is 2.31. The summed E-state index contributed by atoms with van der Waals surface area (Å²) in [5, 5.41) is 18.6. The standard InChI is InChI=1S/C17H16O4/c18-15-4-5-16-14(9-15)8-12(10-21-16)6-11-2-1-3-13(7-11)17(19)20/h1-5,7,9,12,18H,6,8,10H2,(H,19,20). The number of phenols is 1. The van der Waals surface area contributed by atoms with E-state index in [2.05, 4.69) is 0 Å². The molecule has 0 radical (unpaired) electrons. The summed E-state index contributed by atoms with van der Waals surface area (Å²) in [6.07, 6.45) is 1.58. The molecule has 21 heavy (non-hydrogen) atoms. The fourth-order valence-electron chi connectivity index (χ4n) is 2.74. The molecule has 0 spiro atoms. The largest absolute Gasteiger partial charge is 0.508 e. The number of hydrogen-bond acceptors (Lipinski definition) is 3. The van der Waals surface area contributed by atoms with Gasteiger partial charge in [-0.25, -0.2) is 4.79 Å². The van der Waals surface area contributed by atoms with Crippen molar-refractivity contribution in [3.8, 4) is 11.5 Å². The molecule has 2 N–H and O–H groups in total. The van der Waals surface area contributed by atoms with Gasteiger partial charge in [-0.3, -0.25) is 0 Å². The highest BCUT2D eigenvalue weighted by atomic mass is 16.5. The van der Waals surface area contributed by atoms with Crippen LogP contribution in [0.1, 0.15) is 21.5 Å². The molecular weight excluding hydrogens is 268 g/mol. The lowest BCUT2D eigenvalue weighted by Gasteiger charge is -2.25. The van der Waals surface area contributed by atoms with Gasteiger partial charge in [-0.05, 0) is 54.3 Å². The summed E-state index contributed by atoms with van der Waals surface area (Å²) >= 11 is 0. The lowest BCUT2D eigenvalue weighted by Crippen LogP contribution is -2.22. The molecule has 0 saturated carbocycles. The van der Waals surface area contributed by atoms with E-state index in [0.29, 0.717) is 12.2 Å². The Balaban J connectivity index is 1.75. The quantitative estimate of drug-likeness (QED) is 0.909. The van der Waals surface area contributed by atoms with Crippen molar-refractivity contribution in [1.82, 2.24) is 0 Å². The molecule has 2 aromatic carbocycles. The van der Waals surface area contributed by atoms with Crippen LogP contribution in [0, 0.1) is 5.92 Å². The lowest BCUT2D eigenvalue weighted by molar-refractivity contribution is 0.0696. The van der Waals surface area contributed by atoms with Gasteiger partial charge in [-0.1, -0.05) is 12.1 Å². The van der Waals surface area contributed by atoms with Crippen LogP contribution >= 0.6 is 0 Å². The van der Waals surface area contributed by atoms with Crippen molar-refractivity contribution in [2.24, 2.45) is 5.92 Å². The van der Waals surface area contributed by atoms with Gasteiger partial charge in [-0.2, -0.15) is 0 Å². The van der Waals surface area contributed by atoms with Gasteiger partial charge in [0.1, 0.15) is 11.5 Å². The first-order valence-electron chi connectivity index (χ1n) is 6.89. The van der Waals surface area contributed by atoms with Crippen LogP contribution in [0.4, 0.5) is 0 Å². The lowest BCUT2D eigenvalue weighted by atomic mass is 9.90. The van der Waals surface area contributed by atoms with E-state index < -0.39 is 5.97 Å². The average molecular weight is 284 g/mol. The molecule has 0 bridgehead atoms. The van der Waals surface area contributed by atoms with E-state index in [0.717, 1.165) is 29.7 Å². The van der Waals surface area contributed by atoms with Crippen molar-refractivity contribution in [2.75, 3.05) is 6.61 Å². The molecule has 4 nitrogen and oxygen atoms in total. The predicted molar refractivity (Wildman–Crippen MR) is 77.9 cm³/mol.